The molecule has 1 atom stereocenters. The van der Waals surface area contributed by atoms with E-state index in [4.69, 9.17) is 4.74 Å². The molecule has 2 fully saturated rings. The van der Waals surface area contributed by atoms with Crippen molar-refractivity contribution in [3.63, 3.8) is 0 Å². The molecule has 2 aromatic carbocycles. The number of benzene rings is 2. The topological polar surface area (TPSA) is 32.7 Å². The van der Waals surface area contributed by atoms with E-state index in [1.54, 1.807) is 0 Å². The predicted molar refractivity (Wildman–Crippen MR) is 117 cm³/mol. The van der Waals surface area contributed by atoms with Gasteiger partial charge >= 0.3 is 0 Å². The molecule has 0 unspecified atom stereocenters. The molecule has 1 saturated carbocycles. The van der Waals surface area contributed by atoms with Crippen LogP contribution in [0.15, 0.2) is 42.5 Å². The summed E-state index contributed by atoms with van der Waals surface area (Å²) in [6.07, 6.45) is 7.52. The highest BCUT2D eigenvalue weighted by atomic mass is 19.1. The summed E-state index contributed by atoms with van der Waals surface area (Å²) in [5, 5.41) is 9.97. The number of halogens is 1. The standard InChI is InChI=1S/C26H32FNO2/c27-16-19-17-28(18-19)13-14-30-23-6-3-20(4-7-23)25-24-8-5-22(29)15-21(24)9-12-26(25)10-1-2-11-26/h3-8,15,19,25,29H,1-2,9-14,16-18H2/t25-/m1/s1. The first-order chi connectivity index (χ1) is 14.7. The summed E-state index contributed by atoms with van der Waals surface area (Å²) in [5.74, 6) is 1.91. The van der Waals surface area contributed by atoms with Crippen LogP contribution in [0.3, 0.4) is 0 Å². The van der Waals surface area contributed by atoms with Gasteiger partial charge in [-0.1, -0.05) is 31.0 Å². The Labute approximate surface area is 178 Å². The van der Waals surface area contributed by atoms with Crippen molar-refractivity contribution < 1.29 is 14.2 Å². The molecule has 2 aliphatic carbocycles. The van der Waals surface area contributed by atoms with E-state index < -0.39 is 0 Å². The van der Waals surface area contributed by atoms with Crippen LogP contribution in [0.1, 0.15) is 54.7 Å². The molecule has 1 N–H and O–H groups in total. The Hall–Kier alpha value is -2.07. The van der Waals surface area contributed by atoms with Crippen LogP contribution < -0.4 is 4.74 Å². The summed E-state index contributed by atoms with van der Waals surface area (Å²) in [5.41, 5.74) is 4.43. The molecule has 2 aromatic rings. The molecule has 3 nitrogen and oxygen atoms in total. The average Bonchev–Trinajstić information content (AvgIpc) is 3.19. The number of hydrogen-bond acceptors (Lipinski definition) is 3. The number of rotatable bonds is 6. The zero-order chi connectivity index (χ0) is 20.6. The quantitative estimate of drug-likeness (QED) is 0.702. The Kier molecular flexibility index (Phi) is 5.44. The monoisotopic (exact) mass is 409 g/mol. The minimum Gasteiger partial charge on any atom is -0.508 e. The van der Waals surface area contributed by atoms with Gasteiger partial charge in [-0.25, -0.2) is 0 Å². The number of fused-ring (bicyclic) bond motifs is 1. The number of likely N-dealkylation sites (tertiary alicyclic amines) is 1. The minimum absolute atomic E-state index is 0.204. The number of nitrogens with zero attached hydrogens (tertiary/aromatic N) is 1. The highest BCUT2D eigenvalue weighted by Crippen LogP contribution is 2.58. The normalized spacial score (nSPS) is 23.3. The van der Waals surface area contributed by atoms with Crippen LogP contribution in [0.4, 0.5) is 4.39 Å². The van der Waals surface area contributed by atoms with E-state index in [0.717, 1.165) is 31.8 Å². The number of alkyl halides is 1. The Morgan fingerprint density at radius 1 is 1.03 bits per heavy atom. The van der Waals surface area contributed by atoms with Crippen LogP contribution in [0.5, 0.6) is 11.5 Å². The van der Waals surface area contributed by atoms with Gasteiger partial charge in [0.05, 0.1) is 6.67 Å². The Bertz CT molecular complexity index is 869. The molecule has 1 saturated heterocycles. The van der Waals surface area contributed by atoms with Gasteiger partial charge in [-0.2, -0.15) is 0 Å². The minimum atomic E-state index is -0.204. The Balaban J connectivity index is 1.31. The van der Waals surface area contributed by atoms with E-state index in [-0.39, 0.29) is 12.6 Å². The zero-order valence-corrected chi connectivity index (χ0v) is 17.7. The molecule has 1 spiro atoms. The highest BCUT2D eigenvalue weighted by molar-refractivity contribution is 5.46. The van der Waals surface area contributed by atoms with Gasteiger partial charge in [0.2, 0.25) is 0 Å². The number of phenols is 1. The third kappa shape index (κ3) is 3.71. The van der Waals surface area contributed by atoms with Crippen molar-refractivity contribution in [3.8, 4) is 11.5 Å². The van der Waals surface area contributed by atoms with E-state index >= 15 is 0 Å². The van der Waals surface area contributed by atoms with Gasteiger partial charge in [-0.05, 0) is 72.1 Å². The maximum atomic E-state index is 12.5. The van der Waals surface area contributed by atoms with Crippen LogP contribution in [0, 0.1) is 11.3 Å². The van der Waals surface area contributed by atoms with Gasteiger partial charge in [0.15, 0.2) is 0 Å². The molecule has 4 heteroatoms. The molecule has 0 radical (unpaired) electrons. The second-order valence-electron chi connectivity index (χ2n) is 9.58. The molecule has 30 heavy (non-hydrogen) atoms. The number of ether oxygens (including phenoxy) is 1. The average molecular weight is 410 g/mol. The fraction of sp³-hybridized carbons (Fsp3) is 0.538. The smallest absolute Gasteiger partial charge is 0.119 e. The van der Waals surface area contributed by atoms with E-state index in [2.05, 4.69) is 35.2 Å². The predicted octanol–water partition coefficient (Wildman–Crippen LogP) is 5.31. The largest absolute Gasteiger partial charge is 0.508 e. The molecule has 0 aromatic heterocycles. The molecule has 5 rings (SSSR count). The van der Waals surface area contributed by atoms with Crippen LogP contribution in [0.2, 0.25) is 0 Å². The number of aromatic hydroxyl groups is 1. The second kappa shape index (κ2) is 8.22. The van der Waals surface area contributed by atoms with E-state index in [0.29, 0.717) is 23.7 Å². The lowest BCUT2D eigenvalue weighted by Crippen LogP contribution is -2.49. The summed E-state index contributed by atoms with van der Waals surface area (Å²) >= 11 is 0. The Morgan fingerprint density at radius 3 is 2.53 bits per heavy atom. The molecule has 0 amide bonds. The van der Waals surface area contributed by atoms with Crippen LogP contribution in [0.25, 0.3) is 0 Å². The van der Waals surface area contributed by atoms with Gasteiger partial charge < -0.3 is 9.84 Å². The maximum Gasteiger partial charge on any atom is 0.119 e. The van der Waals surface area contributed by atoms with Crippen molar-refractivity contribution in [1.29, 1.82) is 0 Å². The van der Waals surface area contributed by atoms with Gasteiger partial charge in [0, 0.05) is 31.5 Å². The van der Waals surface area contributed by atoms with Gasteiger partial charge in [-0.3, -0.25) is 9.29 Å². The summed E-state index contributed by atoms with van der Waals surface area (Å²) in [4.78, 5) is 2.25. The molecule has 3 aliphatic rings. The molecular formula is C26H32FNO2. The van der Waals surface area contributed by atoms with E-state index in [9.17, 15) is 9.50 Å². The number of phenolic OH excluding ortho intramolecular Hbond substituents is 1. The lowest BCUT2D eigenvalue weighted by molar-refractivity contribution is 0.0668. The van der Waals surface area contributed by atoms with E-state index in [1.807, 2.05) is 12.1 Å². The summed E-state index contributed by atoms with van der Waals surface area (Å²) in [6, 6.07) is 14.7. The molecule has 1 aliphatic heterocycles. The third-order valence-electron chi connectivity index (χ3n) is 7.68. The van der Waals surface area contributed by atoms with Crippen LogP contribution in [-0.2, 0) is 6.42 Å². The first-order valence-corrected chi connectivity index (χ1v) is 11.5. The maximum absolute atomic E-state index is 12.5. The molecule has 1 heterocycles. The lowest BCUT2D eigenvalue weighted by atomic mass is 9.61. The van der Waals surface area contributed by atoms with Gasteiger partial charge in [-0.15, -0.1) is 0 Å². The fourth-order valence-corrected chi connectivity index (χ4v) is 6.11. The van der Waals surface area contributed by atoms with Crippen LogP contribution >= 0.6 is 0 Å². The first kappa shape index (κ1) is 19.9. The summed E-state index contributed by atoms with van der Waals surface area (Å²) in [6.45, 7) is 3.02. The lowest BCUT2D eigenvalue weighted by Gasteiger charge is -2.43. The van der Waals surface area contributed by atoms with Crippen molar-refractivity contribution in [2.24, 2.45) is 11.3 Å². The first-order valence-electron chi connectivity index (χ1n) is 11.5. The van der Waals surface area contributed by atoms with Crippen molar-refractivity contribution in [2.45, 2.75) is 44.4 Å². The molecular weight excluding hydrogens is 377 g/mol. The number of hydrogen-bond donors (Lipinski definition) is 1. The second-order valence-corrected chi connectivity index (χ2v) is 9.58. The van der Waals surface area contributed by atoms with Gasteiger partial charge in [0.1, 0.15) is 18.1 Å². The highest BCUT2D eigenvalue weighted by Gasteiger charge is 2.45. The van der Waals surface area contributed by atoms with Crippen molar-refractivity contribution in [2.75, 3.05) is 32.9 Å². The third-order valence-corrected chi connectivity index (χ3v) is 7.68. The van der Waals surface area contributed by atoms with Crippen molar-refractivity contribution >= 4 is 0 Å². The fourth-order valence-electron chi connectivity index (χ4n) is 6.11. The van der Waals surface area contributed by atoms with Crippen molar-refractivity contribution in [3.05, 3.63) is 59.2 Å². The number of aryl methyl sites for hydroxylation is 1. The summed E-state index contributed by atoms with van der Waals surface area (Å²) < 4.78 is 18.5. The van der Waals surface area contributed by atoms with Crippen LogP contribution in [-0.4, -0.2) is 42.9 Å². The van der Waals surface area contributed by atoms with Gasteiger partial charge in [0.25, 0.3) is 0 Å². The Morgan fingerprint density at radius 2 is 1.80 bits per heavy atom. The zero-order valence-electron chi connectivity index (χ0n) is 17.7. The SMILES string of the molecule is Oc1ccc2c(c1)CCC1(CCCC1)[C@@H]2c1ccc(OCCN2CC(CF)C2)cc1. The summed E-state index contributed by atoms with van der Waals surface area (Å²) in [7, 11) is 0. The van der Waals surface area contributed by atoms with Crippen molar-refractivity contribution in [1.82, 2.24) is 4.90 Å². The molecule has 0 bridgehead atoms. The molecule has 160 valence electrons. The van der Waals surface area contributed by atoms with E-state index in [1.165, 1.54) is 48.8 Å².